The molecule has 33 heavy (non-hydrogen) atoms. The van der Waals surface area contributed by atoms with Gasteiger partial charge in [0, 0.05) is 35.6 Å². The van der Waals surface area contributed by atoms with Crippen molar-refractivity contribution in [1.29, 1.82) is 0 Å². The highest BCUT2D eigenvalue weighted by Crippen LogP contribution is 2.39. The number of rotatable bonds is 5. The number of ether oxygens (including phenoxy) is 1. The lowest BCUT2D eigenvalue weighted by Gasteiger charge is -2.19. The molecule has 3 heterocycles. The van der Waals surface area contributed by atoms with Gasteiger partial charge in [-0.25, -0.2) is 19.2 Å². The van der Waals surface area contributed by atoms with Crippen LogP contribution in [0.3, 0.4) is 0 Å². The normalized spacial score (nSPS) is 24.1. The van der Waals surface area contributed by atoms with E-state index in [4.69, 9.17) is 4.74 Å². The average Bonchev–Trinajstić information content (AvgIpc) is 3.13. The van der Waals surface area contributed by atoms with E-state index < -0.39 is 36.2 Å². The molecule has 0 spiro atoms. The van der Waals surface area contributed by atoms with E-state index in [0.717, 1.165) is 23.4 Å². The third-order valence-electron chi connectivity index (χ3n) is 6.07. The zero-order valence-corrected chi connectivity index (χ0v) is 17.5. The largest absolute Gasteiger partial charge is 0.443 e. The maximum Gasteiger partial charge on any atom is 0.434 e. The second-order valence-corrected chi connectivity index (χ2v) is 8.71. The quantitative estimate of drug-likeness (QED) is 0.488. The van der Waals surface area contributed by atoms with Crippen LogP contribution in [-0.2, 0) is 10.9 Å². The van der Waals surface area contributed by atoms with Crippen LogP contribution in [0.5, 0.6) is 0 Å². The predicted molar refractivity (Wildman–Crippen MR) is 108 cm³/mol. The lowest BCUT2D eigenvalue weighted by Crippen LogP contribution is -2.38. The maximum atomic E-state index is 15.0. The van der Waals surface area contributed by atoms with Crippen molar-refractivity contribution in [3.63, 3.8) is 0 Å². The van der Waals surface area contributed by atoms with Crippen LogP contribution in [0.4, 0.5) is 34.1 Å². The van der Waals surface area contributed by atoms with Crippen LogP contribution in [0.2, 0.25) is 0 Å². The number of aromatic amines is 1. The summed E-state index contributed by atoms with van der Waals surface area (Å²) >= 11 is 0. The van der Waals surface area contributed by atoms with Crippen LogP contribution >= 0.6 is 0 Å². The molecule has 0 bridgehead atoms. The first-order valence-electron chi connectivity index (χ1n) is 10.5. The Bertz CT molecular complexity index is 1190. The van der Waals surface area contributed by atoms with Gasteiger partial charge in [-0.3, -0.25) is 9.50 Å². The Morgan fingerprint density at radius 3 is 2.85 bits per heavy atom. The third-order valence-corrected chi connectivity index (χ3v) is 6.07. The molecule has 2 aliphatic rings. The first-order chi connectivity index (χ1) is 15.6. The fourth-order valence-electron chi connectivity index (χ4n) is 3.95. The van der Waals surface area contributed by atoms with Crippen LogP contribution < -0.4 is 10.6 Å². The number of carbonyl (C=O) groups excluding carboxylic acids is 1. The highest BCUT2D eigenvalue weighted by atomic mass is 19.4. The van der Waals surface area contributed by atoms with Crippen molar-refractivity contribution in [2.24, 2.45) is 0 Å². The lowest BCUT2D eigenvalue weighted by molar-refractivity contribution is -0.140. The summed E-state index contributed by atoms with van der Waals surface area (Å²) in [6, 6.07) is 2.91. The van der Waals surface area contributed by atoms with E-state index in [1.807, 2.05) is 6.92 Å². The van der Waals surface area contributed by atoms with Crippen molar-refractivity contribution in [1.82, 2.24) is 29.9 Å². The first kappa shape index (κ1) is 21.5. The molecular weight excluding hydrogens is 446 g/mol. The zero-order chi connectivity index (χ0) is 23.4. The standard InChI is InChI=1S/C20H21F4N7O2/c1-19(5-6-19)28-18(32)33-12-3-2-10(16(12)21)11-8-14(30-29-11)27-17-25-7-4-15-26-13(9-31(15)17)20(22,23)24/h4,7-10,12,16H,2-3,5-6H2,1H3,(H,28,32)(H2,25,27,29,30)/t10-,12-,16+/m0/s1. The predicted octanol–water partition coefficient (Wildman–Crippen LogP) is 4.08. The summed E-state index contributed by atoms with van der Waals surface area (Å²) < 4.78 is 60.4. The number of fused-ring (bicyclic) bond motifs is 1. The molecule has 2 aliphatic carbocycles. The number of alkyl halides is 4. The third kappa shape index (κ3) is 4.31. The van der Waals surface area contributed by atoms with Gasteiger partial charge in [-0.05, 0) is 38.7 Å². The molecule has 0 unspecified atom stereocenters. The minimum atomic E-state index is -4.59. The Kier molecular flexibility index (Phi) is 4.94. The number of anilines is 2. The Hall–Kier alpha value is -3.38. The van der Waals surface area contributed by atoms with Crippen LogP contribution in [0.15, 0.2) is 24.5 Å². The smallest absolute Gasteiger partial charge is 0.434 e. The van der Waals surface area contributed by atoms with Crippen LogP contribution in [0, 0.1) is 0 Å². The molecule has 0 saturated heterocycles. The molecule has 3 aromatic heterocycles. The fourth-order valence-corrected chi connectivity index (χ4v) is 3.95. The van der Waals surface area contributed by atoms with Crippen molar-refractivity contribution in [2.75, 3.05) is 5.32 Å². The van der Waals surface area contributed by atoms with Gasteiger partial charge >= 0.3 is 12.3 Å². The fraction of sp³-hybridized carbons (Fsp3) is 0.500. The van der Waals surface area contributed by atoms with E-state index >= 15 is 4.39 Å². The summed E-state index contributed by atoms with van der Waals surface area (Å²) in [5, 5.41) is 12.4. The topological polar surface area (TPSA) is 109 Å². The second kappa shape index (κ2) is 7.59. The number of imidazole rings is 1. The minimum absolute atomic E-state index is 0.0634. The molecule has 2 fully saturated rings. The highest BCUT2D eigenvalue weighted by molar-refractivity contribution is 5.69. The number of nitrogens with zero attached hydrogens (tertiary/aromatic N) is 4. The number of hydrogen-bond donors (Lipinski definition) is 3. The molecule has 2 saturated carbocycles. The molecule has 3 atom stereocenters. The summed E-state index contributed by atoms with van der Waals surface area (Å²) in [6.07, 6.45) is -2.77. The summed E-state index contributed by atoms with van der Waals surface area (Å²) in [4.78, 5) is 19.6. The summed E-state index contributed by atoms with van der Waals surface area (Å²) in [5.74, 6) is -0.234. The number of carbonyl (C=O) groups is 1. The van der Waals surface area contributed by atoms with Gasteiger partial charge in [0.15, 0.2) is 11.5 Å². The van der Waals surface area contributed by atoms with E-state index in [9.17, 15) is 18.0 Å². The number of hydrogen-bond acceptors (Lipinski definition) is 6. The van der Waals surface area contributed by atoms with E-state index in [-0.39, 0.29) is 23.0 Å². The van der Waals surface area contributed by atoms with Gasteiger partial charge in [0.05, 0.1) is 0 Å². The van der Waals surface area contributed by atoms with E-state index in [1.54, 1.807) is 6.07 Å². The van der Waals surface area contributed by atoms with Gasteiger partial charge in [0.1, 0.15) is 17.9 Å². The Balaban J connectivity index is 1.27. The lowest BCUT2D eigenvalue weighted by atomic mass is 10.0. The van der Waals surface area contributed by atoms with Crippen molar-refractivity contribution >= 4 is 23.5 Å². The number of H-pyrrole nitrogens is 1. The molecule has 9 nitrogen and oxygen atoms in total. The number of nitrogens with one attached hydrogen (secondary N) is 3. The summed E-state index contributed by atoms with van der Waals surface area (Å²) in [6.45, 7) is 1.90. The Labute approximate surface area is 184 Å². The Morgan fingerprint density at radius 1 is 1.33 bits per heavy atom. The molecule has 3 N–H and O–H groups in total. The highest BCUT2D eigenvalue weighted by Gasteiger charge is 2.43. The van der Waals surface area contributed by atoms with Crippen LogP contribution in [-0.4, -0.2) is 48.5 Å². The maximum absolute atomic E-state index is 15.0. The molecule has 3 aromatic rings. The van der Waals surface area contributed by atoms with E-state index in [1.165, 1.54) is 12.3 Å². The average molecular weight is 467 g/mol. The van der Waals surface area contributed by atoms with Gasteiger partial charge < -0.3 is 15.4 Å². The number of alkyl carbamates (subject to hydrolysis) is 1. The number of aromatic nitrogens is 5. The molecular formula is C20H21F4N7O2. The van der Waals surface area contributed by atoms with E-state index in [2.05, 4.69) is 30.8 Å². The van der Waals surface area contributed by atoms with Crippen LogP contribution in [0.1, 0.15) is 49.9 Å². The van der Waals surface area contributed by atoms with Crippen molar-refractivity contribution in [2.45, 2.75) is 62.5 Å². The van der Waals surface area contributed by atoms with Crippen molar-refractivity contribution in [3.8, 4) is 0 Å². The molecule has 0 aromatic carbocycles. The van der Waals surface area contributed by atoms with Crippen LogP contribution in [0.25, 0.3) is 5.65 Å². The minimum Gasteiger partial charge on any atom is -0.443 e. The van der Waals surface area contributed by atoms with Gasteiger partial charge in [0.25, 0.3) is 0 Å². The summed E-state index contributed by atoms with van der Waals surface area (Å²) in [7, 11) is 0. The van der Waals surface area contributed by atoms with E-state index in [0.29, 0.717) is 18.5 Å². The molecule has 1 amide bonds. The summed E-state index contributed by atoms with van der Waals surface area (Å²) in [5.41, 5.74) is -0.746. The number of amides is 1. The van der Waals surface area contributed by atoms with Crippen molar-refractivity contribution < 1.29 is 27.1 Å². The van der Waals surface area contributed by atoms with Gasteiger partial charge in [0.2, 0.25) is 5.95 Å². The SMILES string of the molecule is CC1(NC(=O)O[C@H]2CC[C@@H](c3cc(Nc4nccc5nc(C(F)(F)F)cn45)n[nH]3)[C@H]2F)CC1. The molecule has 176 valence electrons. The van der Waals surface area contributed by atoms with Gasteiger partial charge in [-0.2, -0.15) is 18.3 Å². The van der Waals surface area contributed by atoms with Gasteiger partial charge in [-0.1, -0.05) is 0 Å². The van der Waals surface area contributed by atoms with Crippen molar-refractivity contribution in [3.05, 3.63) is 35.9 Å². The Morgan fingerprint density at radius 2 is 2.12 bits per heavy atom. The molecule has 13 heteroatoms. The van der Waals surface area contributed by atoms with Gasteiger partial charge in [-0.15, -0.1) is 0 Å². The second-order valence-electron chi connectivity index (χ2n) is 8.71. The molecule has 5 rings (SSSR count). The monoisotopic (exact) mass is 467 g/mol. The number of halogens is 4. The first-order valence-corrected chi connectivity index (χ1v) is 10.5. The molecule has 0 radical (unpaired) electrons. The molecule has 0 aliphatic heterocycles. The zero-order valence-electron chi connectivity index (χ0n) is 17.5.